The maximum atomic E-state index is 13.4. The maximum absolute atomic E-state index is 13.4. The minimum Gasteiger partial charge on any atom is -0.479 e. The van der Waals surface area contributed by atoms with E-state index in [1.165, 1.54) is 12.1 Å². The van der Waals surface area contributed by atoms with Crippen LogP contribution in [0.15, 0.2) is 36.5 Å². The second kappa shape index (κ2) is 5.97. The first-order valence-corrected chi connectivity index (χ1v) is 6.38. The van der Waals surface area contributed by atoms with Gasteiger partial charge in [0.2, 0.25) is 0 Å². The Morgan fingerprint density at radius 1 is 1.38 bits per heavy atom. The molecular weight excluding hydrogens is 299 g/mol. The van der Waals surface area contributed by atoms with E-state index in [9.17, 15) is 19.1 Å². The van der Waals surface area contributed by atoms with Gasteiger partial charge in [-0.05, 0) is 29.8 Å². The molecule has 0 unspecified atom stereocenters. The first kappa shape index (κ1) is 15.1. The van der Waals surface area contributed by atoms with Crippen LogP contribution in [0.2, 0.25) is 5.02 Å². The summed E-state index contributed by atoms with van der Waals surface area (Å²) in [7, 11) is 1.66. The number of aromatic nitrogens is 1. The van der Waals surface area contributed by atoms with Gasteiger partial charge in [-0.1, -0.05) is 17.7 Å². The Hall–Kier alpha value is -2.34. The number of aryl methyl sites for hydroxylation is 1. The average Bonchev–Trinajstić information content (AvgIpc) is 2.85. The topological polar surface area (TPSA) is 71.3 Å². The summed E-state index contributed by atoms with van der Waals surface area (Å²) < 4.78 is 15.0. The van der Waals surface area contributed by atoms with Crippen LogP contribution in [0, 0.1) is 5.82 Å². The zero-order chi connectivity index (χ0) is 15.6. The smallest absolute Gasteiger partial charge is 0.330 e. The minimum atomic E-state index is -1.36. The van der Waals surface area contributed by atoms with E-state index in [0.29, 0.717) is 5.69 Å². The SMILES string of the molecule is Cn1cccc1C(=O)N[C@H](C(=O)O)c1ccc(Cl)c(F)c1. The third-order valence-electron chi connectivity index (χ3n) is 2.98. The highest BCUT2D eigenvalue weighted by molar-refractivity contribution is 6.30. The van der Waals surface area contributed by atoms with Gasteiger partial charge < -0.3 is 15.0 Å². The molecule has 0 aliphatic heterocycles. The number of amides is 1. The molecule has 0 radical (unpaired) electrons. The lowest BCUT2D eigenvalue weighted by atomic mass is 10.1. The molecule has 2 N–H and O–H groups in total. The van der Waals surface area contributed by atoms with E-state index in [4.69, 9.17) is 11.6 Å². The first-order valence-electron chi connectivity index (χ1n) is 6.00. The maximum Gasteiger partial charge on any atom is 0.330 e. The van der Waals surface area contributed by atoms with Gasteiger partial charge in [0.15, 0.2) is 6.04 Å². The Morgan fingerprint density at radius 2 is 2.10 bits per heavy atom. The van der Waals surface area contributed by atoms with Crippen LogP contribution in [0.3, 0.4) is 0 Å². The third kappa shape index (κ3) is 3.22. The molecule has 7 heteroatoms. The van der Waals surface area contributed by atoms with Crippen LogP contribution in [0.5, 0.6) is 0 Å². The molecule has 1 amide bonds. The third-order valence-corrected chi connectivity index (χ3v) is 3.28. The number of carboxylic acid groups (broad SMARTS) is 1. The second-order valence-corrected chi connectivity index (χ2v) is 4.83. The van der Waals surface area contributed by atoms with Crippen LogP contribution < -0.4 is 5.32 Å². The van der Waals surface area contributed by atoms with Crippen molar-refractivity contribution in [3.63, 3.8) is 0 Å². The molecule has 0 bridgehead atoms. The monoisotopic (exact) mass is 310 g/mol. The molecule has 1 atom stereocenters. The molecule has 1 aromatic heterocycles. The minimum absolute atomic E-state index is 0.104. The number of aliphatic carboxylic acids is 1. The van der Waals surface area contributed by atoms with Crippen LogP contribution in [0.1, 0.15) is 22.1 Å². The van der Waals surface area contributed by atoms with E-state index in [0.717, 1.165) is 6.07 Å². The number of hydrogen-bond acceptors (Lipinski definition) is 2. The van der Waals surface area contributed by atoms with Crippen molar-refractivity contribution in [3.05, 3.63) is 58.6 Å². The van der Waals surface area contributed by atoms with Gasteiger partial charge in [0, 0.05) is 13.2 Å². The van der Waals surface area contributed by atoms with Crippen molar-refractivity contribution in [2.45, 2.75) is 6.04 Å². The van der Waals surface area contributed by atoms with Crippen LogP contribution >= 0.6 is 11.6 Å². The predicted octanol–water partition coefficient (Wildman–Crippen LogP) is 2.37. The normalized spacial score (nSPS) is 12.0. The van der Waals surface area contributed by atoms with Gasteiger partial charge in [-0.15, -0.1) is 0 Å². The molecule has 0 spiro atoms. The first-order chi connectivity index (χ1) is 9.90. The predicted molar refractivity (Wildman–Crippen MR) is 74.7 cm³/mol. The van der Waals surface area contributed by atoms with Crippen LogP contribution in [0.4, 0.5) is 4.39 Å². The number of carbonyl (C=O) groups is 2. The highest BCUT2D eigenvalue weighted by Gasteiger charge is 2.24. The van der Waals surface area contributed by atoms with E-state index in [2.05, 4.69) is 5.32 Å². The van der Waals surface area contributed by atoms with E-state index >= 15 is 0 Å². The molecule has 2 rings (SSSR count). The molecule has 1 aromatic carbocycles. The number of rotatable bonds is 4. The van der Waals surface area contributed by atoms with Gasteiger partial charge >= 0.3 is 5.97 Å². The molecule has 21 heavy (non-hydrogen) atoms. The van der Waals surface area contributed by atoms with Gasteiger partial charge in [-0.2, -0.15) is 0 Å². The summed E-state index contributed by atoms with van der Waals surface area (Å²) in [6.07, 6.45) is 1.66. The average molecular weight is 311 g/mol. The zero-order valence-corrected chi connectivity index (χ0v) is 11.8. The molecule has 0 aliphatic rings. The molecule has 5 nitrogen and oxygen atoms in total. The molecular formula is C14H12ClFN2O3. The van der Waals surface area contributed by atoms with Gasteiger partial charge in [0.25, 0.3) is 5.91 Å². The van der Waals surface area contributed by atoms with Crippen LogP contribution in [-0.2, 0) is 11.8 Å². The van der Waals surface area contributed by atoms with Gasteiger partial charge in [-0.25, -0.2) is 9.18 Å². The van der Waals surface area contributed by atoms with E-state index in [-0.39, 0.29) is 10.6 Å². The standard InChI is InChI=1S/C14H12ClFN2O3/c1-18-6-2-3-11(18)13(19)17-12(14(20)21)8-4-5-9(15)10(16)7-8/h2-7,12H,1H3,(H,17,19)(H,20,21)/t12-/m0/s1. The van der Waals surface area contributed by atoms with Gasteiger partial charge in [0.1, 0.15) is 11.5 Å². The van der Waals surface area contributed by atoms with Crippen molar-refractivity contribution in [2.75, 3.05) is 0 Å². The summed E-state index contributed by atoms with van der Waals surface area (Å²) in [6.45, 7) is 0. The van der Waals surface area contributed by atoms with Crippen molar-refractivity contribution < 1.29 is 19.1 Å². The highest BCUT2D eigenvalue weighted by Crippen LogP contribution is 2.21. The Morgan fingerprint density at radius 3 is 2.62 bits per heavy atom. The molecule has 110 valence electrons. The molecule has 0 aliphatic carbocycles. The summed E-state index contributed by atoms with van der Waals surface area (Å²) in [4.78, 5) is 23.4. The zero-order valence-electron chi connectivity index (χ0n) is 11.0. The lowest BCUT2D eigenvalue weighted by molar-refractivity contribution is -0.139. The van der Waals surface area contributed by atoms with Crippen molar-refractivity contribution in [1.82, 2.24) is 9.88 Å². The van der Waals surface area contributed by atoms with Crippen LogP contribution in [0.25, 0.3) is 0 Å². The van der Waals surface area contributed by atoms with Crippen molar-refractivity contribution >= 4 is 23.5 Å². The lowest BCUT2D eigenvalue weighted by Gasteiger charge is -2.15. The van der Waals surface area contributed by atoms with Gasteiger partial charge in [0.05, 0.1) is 5.02 Å². The number of nitrogens with one attached hydrogen (secondary N) is 1. The van der Waals surface area contributed by atoms with Gasteiger partial charge in [-0.3, -0.25) is 4.79 Å². The van der Waals surface area contributed by atoms with E-state index in [1.807, 2.05) is 0 Å². The lowest BCUT2D eigenvalue weighted by Crippen LogP contribution is -2.34. The van der Waals surface area contributed by atoms with Crippen LogP contribution in [-0.4, -0.2) is 21.6 Å². The number of halogens is 2. The number of hydrogen-bond donors (Lipinski definition) is 2. The Kier molecular flexibility index (Phi) is 4.28. The fourth-order valence-electron chi connectivity index (χ4n) is 1.88. The summed E-state index contributed by atoms with van der Waals surface area (Å²) in [5.41, 5.74) is 0.405. The van der Waals surface area contributed by atoms with Crippen molar-refractivity contribution in [3.8, 4) is 0 Å². The quantitative estimate of drug-likeness (QED) is 0.910. The summed E-state index contributed by atoms with van der Waals surface area (Å²) in [5.74, 6) is -2.60. The number of benzene rings is 1. The largest absolute Gasteiger partial charge is 0.479 e. The molecule has 0 saturated heterocycles. The molecule has 2 aromatic rings. The molecule has 0 saturated carbocycles. The Labute approximate surface area is 125 Å². The molecule has 0 fully saturated rings. The summed E-state index contributed by atoms with van der Waals surface area (Å²) in [5, 5.41) is 11.5. The number of carboxylic acids is 1. The fraction of sp³-hybridized carbons (Fsp3) is 0.143. The Bertz CT molecular complexity index is 699. The molecule has 1 heterocycles. The Balaban J connectivity index is 2.28. The number of nitrogens with zero attached hydrogens (tertiary/aromatic N) is 1. The highest BCUT2D eigenvalue weighted by atomic mass is 35.5. The van der Waals surface area contributed by atoms with E-state index < -0.39 is 23.7 Å². The van der Waals surface area contributed by atoms with E-state index in [1.54, 1.807) is 29.9 Å². The summed E-state index contributed by atoms with van der Waals surface area (Å²) in [6, 6.07) is 5.45. The van der Waals surface area contributed by atoms with Crippen molar-refractivity contribution in [2.24, 2.45) is 7.05 Å². The fourth-order valence-corrected chi connectivity index (χ4v) is 2.00. The van der Waals surface area contributed by atoms with Crippen molar-refractivity contribution in [1.29, 1.82) is 0 Å². The second-order valence-electron chi connectivity index (χ2n) is 4.42. The number of carbonyl (C=O) groups excluding carboxylic acids is 1. The summed E-state index contributed by atoms with van der Waals surface area (Å²) >= 11 is 5.56.